The zero-order valence-electron chi connectivity index (χ0n) is 18.2. The van der Waals surface area contributed by atoms with Gasteiger partial charge >= 0.3 is 0 Å². The summed E-state index contributed by atoms with van der Waals surface area (Å²) < 4.78 is 0. The molecule has 164 valence electrons. The van der Waals surface area contributed by atoms with Gasteiger partial charge in [-0.1, -0.05) is 62.1 Å². The summed E-state index contributed by atoms with van der Waals surface area (Å²) in [5, 5.41) is 26.8. The molecule has 0 heterocycles. The molecule has 3 rings (SSSR count). The maximum atomic E-state index is 9.98. The molecule has 0 spiro atoms. The van der Waals surface area contributed by atoms with E-state index in [1.165, 1.54) is 49.7 Å². The molecule has 0 aliphatic heterocycles. The van der Waals surface area contributed by atoms with E-state index in [0.717, 1.165) is 50.9 Å². The molecule has 1 unspecified atom stereocenters. The first-order chi connectivity index (χ1) is 14.7. The minimum Gasteiger partial charge on any atom is -0.504 e. The van der Waals surface area contributed by atoms with Crippen molar-refractivity contribution in [1.29, 1.82) is 0 Å². The molecule has 0 saturated carbocycles. The Bertz CT molecular complexity index is 748. The smallest absolute Gasteiger partial charge is 0.160 e. The molecule has 2 aromatic rings. The van der Waals surface area contributed by atoms with E-state index in [9.17, 15) is 10.2 Å². The first-order valence-electron chi connectivity index (χ1n) is 11.7. The van der Waals surface area contributed by atoms with Gasteiger partial charge in [0, 0.05) is 11.6 Å². The van der Waals surface area contributed by atoms with E-state index in [1.807, 2.05) is 6.07 Å². The van der Waals surface area contributed by atoms with E-state index < -0.39 is 0 Å². The van der Waals surface area contributed by atoms with Gasteiger partial charge in [0.25, 0.3) is 0 Å². The largest absolute Gasteiger partial charge is 0.504 e. The third-order valence-corrected chi connectivity index (χ3v) is 6.21. The average Bonchev–Trinajstić information content (AvgIpc) is 2.78. The van der Waals surface area contributed by atoms with Crippen LogP contribution in [0.25, 0.3) is 0 Å². The molecule has 0 aromatic heterocycles. The van der Waals surface area contributed by atoms with Crippen LogP contribution in [0.1, 0.15) is 61.6 Å². The van der Waals surface area contributed by atoms with Crippen molar-refractivity contribution in [1.82, 2.24) is 10.6 Å². The number of fused-ring (bicyclic) bond motifs is 1. The fraction of sp³-hybridized carbons (Fsp3) is 0.538. The van der Waals surface area contributed by atoms with Crippen molar-refractivity contribution < 1.29 is 10.2 Å². The summed E-state index contributed by atoms with van der Waals surface area (Å²) >= 11 is 0. The van der Waals surface area contributed by atoms with Crippen molar-refractivity contribution in [3.63, 3.8) is 0 Å². The molecule has 1 aliphatic carbocycles. The molecular weight excluding hydrogens is 372 g/mol. The first-order valence-corrected chi connectivity index (χ1v) is 11.7. The molecule has 30 heavy (non-hydrogen) atoms. The molecule has 0 saturated heterocycles. The normalized spacial score (nSPS) is 15.8. The molecule has 4 heteroatoms. The summed E-state index contributed by atoms with van der Waals surface area (Å²) in [7, 11) is 0. The Labute approximate surface area is 181 Å². The SMILES string of the molecule is Oc1ccc2c(c1O)CCC(NCCCCCCCCNCCc1ccccc1)C2. The predicted molar refractivity (Wildman–Crippen MR) is 124 cm³/mol. The van der Waals surface area contributed by atoms with Crippen molar-refractivity contribution in [2.24, 2.45) is 0 Å². The number of rotatable bonds is 13. The van der Waals surface area contributed by atoms with E-state index in [-0.39, 0.29) is 11.5 Å². The number of hydrogen-bond donors (Lipinski definition) is 4. The molecule has 1 aliphatic rings. The van der Waals surface area contributed by atoms with Crippen molar-refractivity contribution in [3.05, 3.63) is 59.2 Å². The van der Waals surface area contributed by atoms with Gasteiger partial charge in [0.1, 0.15) is 0 Å². The van der Waals surface area contributed by atoms with Crippen molar-refractivity contribution >= 4 is 0 Å². The molecule has 0 fully saturated rings. The van der Waals surface area contributed by atoms with Crippen LogP contribution in [-0.4, -0.2) is 35.9 Å². The van der Waals surface area contributed by atoms with Gasteiger partial charge in [-0.3, -0.25) is 0 Å². The van der Waals surface area contributed by atoms with E-state index >= 15 is 0 Å². The van der Waals surface area contributed by atoms with Gasteiger partial charge in [0.2, 0.25) is 0 Å². The van der Waals surface area contributed by atoms with Crippen LogP contribution in [0, 0.1) is 0 Å². The summed E-state index contributed by atoms with van der Waals surface area (Å²) in [6.07, 6.45) is 11.7. The lowest BCUT2D eigenvalue weighted by Crippen LogP contribution is -2.35. The van der Waals surface area contributed by atoms with Gasteiger partial charge in [-0.05, 0) is 75.4 Å². The van der Waals surface area contributed by atoms with E-state index in [2.05, 4.69) is 41.0 Å². The summed E-state index contributed by atoms with van der Waals surface area (Å²) in [5.41, 5.74) is 3.52. The number of phenolic OH excluding ortho intramolecular Hbond substituents is 2. The third-order valence-electron chi connectivity index (χ3n) is 6.21. The second-order valence-electron chi connectivity index (χ2n) is 8.57. The maximum absolute atomic E-state index is 9.98. The van der Waals surface area contributed by atoms with Gasteiger partial charge in [-0.25, -0.2) is 0 Å². The number of unbranched alkanes of at least 4 members (excludes halogenated alkanes) is 5. The highest BCUT2D eigenvalue weighted by Gasteiger charge is 2.21. The quantitative estimate of drug-likeness (QED) is 0.285. The fourth-order valence-corrected chi connectivity index (χ4v) is 4.39. The number of aromatic hydroxyl groups is 2. The molecule has 0 bridgehead atoms. The number of nitrogens with one attached hydrogen (secondary N) is 2. The molecule has 2 aromatic carbocycles. The molecule has 4 nitrogen and oxygen atoms in total. The molecule has 0 amide bonds. The number of phenols is 2. The van der Waals surface area contributed by atoms with Crippen LogP contribution >= 0.6 is 0 Å². The van der Waals surface area contributed by atoms with E-state index in [4.69, 9.17) is 0 Å². The Balaban J connectivity index is 1.13. The van der Waals surface area contributed by atoms with Crippen LogP contribution in [0.15, 0.2) is 42.5 Å². The molecule has 4 N–H and O–H groups in total. The number of benzene rings is 2. The fourth-order valence-electron chi connectivity index (χ4n) is 4.39. The van der Waals surface area contributed by atoms with Gasteiger partial charge in [-0.2, -0.15) is 0 Å². The minimum absolute atomic E-state index is 0.00289. The monoisotopic (exact) mass is 410 g/mol. The topological polar surface area (TPSA) is 64.5 Å². The van der Waals surface area contributed by atoms with Crippen LogP contribution in [0.3, 0.4) is 0 Å². The molecular formula is C26H38N2O2. The number of hydrogen-bond acceptors (Lipinski definition) is 4. The Morgan fingerprint density at radius 1 is 0.800 bits per heavy atom. The van der Waals surface area contributed by atoms with Crippen LogP contribution < -0.4 is 10.6 Å². The average molecular weight is 411 g/mol. The van der Waals surface area contributed by atoms with E-state index in [0.29, 0.717) is 6.04 Å². The van der Waals surface area contributed by atoms with Crippen LogP contribution in [0.4, 0.5) is 0 Å². The first kappa shape index (κ1) is 22.6. The zero-order valence-corrected chi connectivity index (χ0v) is 18.2. The van der Waals surface area contributed by atoms with Crippen molar-refractivity contribution in [2.75, 3.05) is 19.6 Å². The zero-order chi connectivity index (χ0) is 21.0. The summed E-state index contributed by atoms with van der Waals surface area (Å²) in [4.78, 5) is 0. The van der Waals surface area contributed by atoms with Crippen LogP contribution in [0.5, 0.6) is 11.5 Å². The Morgan fingerprint density at radius 2 is 1.53 bits per heavy atom. The van der Waals surface area contributed by atoms with Crippen LogP contribution in [0.2, 0.25) is 0 Å². The minimum atomic E-state index is 0.00289. The maximum Gasteiger partial charge on any atom is 0.160 e. The lowest BCUT2D eigenvalue weighted by atomic mass is 9.87. The van der Waals surface area contributed by atoms with Crippen molar-refractivity contribution in [3.8, 4) is 11.5 Å². The Kier molecular flexibility index (Phi) is 9.52. The lowest BCUT2D eigenvalue weighted by Gasteiger charge is -2.26. The highest BCUT2D eigenvalue weighted by molar-refractivity contribution is 5.50. The highest BCUT2D eigenvalue weighted by atomic mass is 16.3. The van der Waals surface area contributed by atoms with Gasteiger partial charge in [0.15, 0.2) is 11.5 Å². The summed E-state index contributed by atoms with van der Waals surface area (Å²) in [6, 6.07) is 14.7. The van der Waals surface area contributed by atoms with Crippen molar-refractivity contribution in [2.45, 2.75) is 70.3 Å². The molecule has 1 atom stereocenters. The summed E-state index contributed by atoms with van der Waals surface area (Å²) in [5.74, 6) is 0.0838. The summed E-state index contributed by atoms with van der Waals surface area (Å²) in [6.45, 7) is 3.28. The van der Waals surface area contributed by atoms with Crippen LogP contribution in [-0.2, 0) is 19.3 Å². The van der Waals surface area contributed by atoms with Gasteiger partial charge in [-0.15, -0.1) is 0 Å². The predicted octanol–water partition coefficient (Wildman–Crippen LogP) is 4.72. The Hall–Kier alpha value is -2.04. The molecule has 0 radical (unpaired) electrons. The second-order valence-corrected chi connectivity index (χ2v) is 8.57. The van der Waals surface area contributed by atoms with Gasteiger partial charge < -0.3 is 20.8 Å². The van der Waals surface area contributed by atoms with Gasteiger partial charge in [0.05, 0.1) is 0 Å². The Morgan fingerprint density at radius 3 is 2.33 bits per heavy atom. The highest BCUT2D eigenvalue weighted by Crippen LogP contribution is 2.35. The van der Waals surface area contributed by atoms with E-state index in [1.54, 1.807) is 6.07 Å². The third kappa shape index (κ3) is 7.33. The second kappa shape index (κ2) is 12.6. The standard InChI is InChI=1S/C26H38N2O2/c29-25-15-12-22-20-23(13-14-24(22)26(25)30)28-18-9-4-2-1-3-8-17-27-19-16-21-10-6-5-7-11-21/h5-7,10-12,15,23,27-30H,1-4,8-9,13-14,16-20H2. The lowest BCUT2D eigenvalue weighted by molar-refractivity contribution is 0.387.